The van der Waals surface area contributed by atoms with Gasteiger partial charge in [-0.15, -0.1) is 0 Å². The van der Waals surface area contributed by atoms with Gasteiger partial charge in [-0.1, -0.05) is 12.6 Å². The fraction of sp³-hybridized carbons (Fsp3) is 0.0400. The molecule has 33 heavy (non-hydrogen) atoms. The van der Waals surface area contributed by atoms with Gasteiger partial charge in [-0.2, -0.15) is 0 Å². The molecule has 0 aromatic heterocycles. The quantitative estimate of drug-likeness (QED) is 0.462. The molecule has 0 atom stereocenters. The standard InChI is InChI=1S/C25H14BrNO6/c1-12-8-20(26)23(30)27(12)13-2-5-17-16(9-13)24(31)33-25(17)18-6-3-14(28)10-21(18)32-22-11-15(29)4-7-19(22)25/h2-11,28-29H,1H2. The molecule has 0 aliphatic carbocycles. The highest BCUT2D eigenvalue weighted by Crippen LogP contribution is 2.57. The van der Waals surface area contributed by atoms with Crippen molar-refractivity contribution < 1.29 is 29.3 Å². The number of aromatic hydroxyl groups is 2. The number of hydrogen-bond acceptors (Lipinski definition) is 6. The van der Waals surface area contributed by atoms with Crippen LogP contribution in [0.1, 0.15) is 27.0 Å². The van der Waals surface area contributed by atoms with Crippen molar-refractivity contribution in [1.82, 2.24) is 0 Å². The molecule has 162 valence electrons. The van der Waals surface area contributed by atoms with E-state index in [0.29, 0.717) is 44.1 Å². The van der Waals surface area contributed by atoms with E-state index in [0.717, 1.165) is 0 Å². The van der Waals surface area contributed by atoms with E-state index in [1.165, 1.54) is 29.2 Å². The van der Waals surface area contributed by atoms with Crippen molar-refractivity contribution in [3.63, 3.8) is 0 Å². The number of fused-ring (bicyclic) bond motifs is 6. The fourth-order valence-electron chi connectivity index (χ4n) is 4.63. The van der Waals surface area contributed by atoms with E-state index in [1.54, 1.807) is 36.4 Å². The molecule has 3 aromatic carbocycles. The van der Waals surface area contributed by atoms with Gasteiger partial charge in [0.05, 0.1) is 15.7 Å². The largest absolute Gasteiger partial charge is 0.508 e. The molecule has 3 aliphatic rings. The molecule has 3 aliphatic heterocycles. The molecule has 2 N–H and O–H groups in total. The lowest BCUT2D eigenvalue weighted by molar-refractivity contribution is -0.113. The predicted octanol–water partition coefficient (Wildman–Crippen LogP) is 4.80. The van der Waals surface area contributed by atoms with E-state index in [1.807, 2.05) is 0 Å². The van der Waals surface area contributed by atoms with Crippen molar-refractivity contribution in [3.05, 3.63) is 99.7 Å². The summed E-state index contributed by atoms with van der Waals surface area (Å²) in [5.74, 6) is -0.291. The highest BCUT2D eigenvalue weighted by atomic mass is 79.9. The first kappa shape index (κ1) is 19.6. The van der Waals surface area contributed by atoms with Gasteiger partial charge in [0.15, 0.2) is 5.60 Å². The Morgan fingerprint density at radius 1 is 0.879 bits per heavy atom. The average molecular weight is 504 g/mol. The first-order chi connectivity index (χ1) is 15.8. The topological polar surface area (TPSA) is 96.3 Å². The lowest BCUT2D eigenvalue weighted by atomic mass is 9.77. The Bertz CT molecular complexity index is 1420. The molecule has 8 heteroatoms. The summed E-state index contributed by atoms with van der Waals surface area (Å²) in [6.45, 7) is 3.90. The van der Waals surface area contributed by atoms with E-state index < -0.39 is 11.6 Å². The third kappa shape index (κ3) is 2.55. The number of benzene rings is 3. The maximum Gasteiger partial charge on any atom is 0.340 e. The second-order valence-corrected chi connectivity index (χ2v) is 8.74. The highest BCUT2D eigenvalue weighted by Gasteiger charge is 2.54. The second kappa shape index (κ2) is 6.49. The van der Waals surface area contributed by atoms with Gasteiger partial charge < -0.3 is 19.7 Å². The lowest BCUT2D eigenvalue weighted by Gasteiger charge is -2.36. The number of carbonyl (C=O) groups excluding carboxylic acids is 2. The molecular weight excluding hydrogens is 490 g/mol. The minimum atomic E-state index is -1.35. The van der Waals surface area contributed by atoms with Crippen LogP contribution in [0.4, 0.5) is 5.69 Å². The molecule has 0 saturated carbocycles. The average Bonchev–Trinajstić information content (AvgIpc) is 3.20. The summed E-state index contributed by atoms with van der Waals surface area (Å²) in [4.78, 5) is 27.1. The smallest absolute Gasteiger partial charge is 0.340 e. The van der Waals surface area contributed by atoms with Gasteiger partial charge in [0.25, 0.3) is 5.91 Å². The zero-order valence-electron chi connectivity index (χ0n) is 16.8. The number of esters is 1. The van der Waals surface area contributed by atoms with Gasteiger partial charge in [0, 0.05) is 34.5 Å². The van der Waals surface area contributed by atoms with E-state index in [4.69, 9.17) is 9.47 Å². The van der Waals surface area contributed by atoms with Crippen LogP contribution in [-0.2, 0) is 15.1 Å². The summed E-state index contributed by atoms with van der Waals surface area (Å²) in [6, 6.07) is 14.2. The monoisotopic (exact) mass is 503 g/mol. The van der Waals surface area contributed by atoms with Crippen LogP contribution < -0.4 is 9.64 Å². The maximum absolute atomic E-state index is 13.2. The SMILES string of the molecule is C=C1C=C(Br)C(=O)N1c1ccc2c(c1)C(=O)OC21c2ccc(O)cc2Oc2cc(O)ccc21. The highest BCUT2D eigenvalue weighted by molar-refractivity contribution is 9.12. The summed E-state index contributed by atoms with van der Waals surface area (Å²) in [6.07, 6.45) is 1.61. The van der Waals surface area contributed by atoms with Gasteiger partial charge in [-0.3, -0.25) is 9.69 Å². The molecular formula is C25H14BrNO6. The number of hydrogen-bond donors (Lipinski definition) is 2. The molecule has 0 unspecified atom stereocenters. The van der Waals surface area contributed by atoms with Crippen molar-refractivity contribution in [2.75, 3.05) is 4.90 Å². The zero-order valence-corrected chi connectivity index (χ0v) is 18.4. The molecule has 0 saturated heterocycles. The van der Waals surface area contributed by atoms with Crippen LogP contribution in [-0.4, -0.2) is 22.1 Å². The number of amides is 1. The second-order valence-electron chi connectivity index (χ2n) is 7.89. The number of rotatable bonds is 1. The van der Waals surface area contributed by atoms with Crippen molar-refractivity contribution >= 4 is 33.5 Å². The van der Waals surface area contributed by atoms with E-state index in [-0.39, 0.29) is 23.0 Å². The number of anilines is 1. The van der Waals surface area contributed by atoms with E-state index >= 15 is 0 Å². The molecule has 3 aromatic rings. The van der Waals surface area contributed by atoms with Gasteiger partial charge in [-0.25, -0.2) is 4.79 Å². The van der Waals surface area contributed by atoms with Crippen LogP contribution >= 0.6 is 15.9 Å². The molecule has 1 spiro atoms. The van der Waals surface area contributed by atoms with Gasteiger partial charge in [-0.05, 0) is 58.4 Å². The van der Waals surface area contributed by atoms with Crippen molar-refractivity contribution in [2.24, 2.45) is 0 Å². The number of carbonyl (C=O) groups is 2. The fourth-order valence-corrected chi connectivity index (χ4v) is 5.07. The number of halogens is 1. The van der Waals surface area contributed by atoms with Gasteiger partial charge in [0.2, 0.25) is 0 Å². The Balaban J connectivity index is 1.59. The summed E-state index contributed by atoms with van der Waals surface area (Å²) < 4.78 is 12.4. The Kier molecular flexibility index (Phi) is 3.86. The van der Waals surface area contributed by atoms with Crippen molar-refractivity contribution in [1.29, 1.82) is 0 Å². The third-order valence-corrected chi connectivity index (χ3v) is 6.57. The molecule has 0 fully saturated rings. The Morgan fingerprint density at radius 2 is 1.48 bits per heavy atom. The predicted molar refractivity (Wildman–Crippen MR) is 122 cm³/mol. The van der Waals surface area contributed by atoms with Crippen LogP contribution in [0.15, 0.2) is 77.4 Å². The zero-order chi connectivity index (χ0) is 23.1. The van der Waals surface area contributed by atoms with E-state index in [2.05, 4.69) is 22.5 Å². The lowest BCUT2D eigenvalue weighted by Crippen LogP contribution is -2.33. The summed E-state index contributed by atoms with van der Waals surface area (Å²) >= 11 is 3.22. The minimum Gasteiger partial charge on any atom is -0.508 e. The Hall–Kier alpha value is -4.04. The third-order valence-electron chi connectivity index (χ3n) is 6.00. The van der Waals surface area contributed by atoms with Crippen LogP contribution in [0.2, 0.25) is 0 Å². The van der Waals surface area contributed by atoms with E-state index in [9.17, 15) is 19.8 Å². The van der Waals surface area contributed by atoms with Crippen LogP contribution in [0.5, 0.6) is 23.0 Å². The minimum absolute atomic E-state index is 0.0171. The number of phenols is 2. The number of allylic oxidation sites excluding steroid dienone is 1. The summed E-state index contributed by atoms with van der Waals surface area (Å²) in [7, 11) is 0. The van der Waals surface area contributed by atoms with Crippen molar-refractivity contribution in [3.8, 4) is 23.0 Å². The van der Waals surface area contributed by atoms with Crippen molar-refractivity contribution in [2.45, 2.75) is 5.60 Å². The number of ether oxygens (including phenoxy) is 2. The molecule has 7 nitrogen and oxygen atoms in total. The first-order valence-electron chi connectivity index (χ1n) is 9.93. The van der Waals surface area contributed by atoms with Crippen LogP contribution in [0.25, 0.3) is 0 Å². The van der Waals surface area contributed by atoms with Gasteiger partial charge in [0.1, 0.15) is 23.0 Å². The summed E-state index contributed by atoms with van der Waals surface area (Å²) in [5.41, 5.74) is 1.51. The molecule has 6 rings (SSSR count). The normalized spacial score (nSPS) is 17.3. The number of phenolic OH excluding ortho intramolecular Hbond substituents is 2. The number of nitrogens with zero attached hydrogens (tertiary/aromatic N) is 1. The maximum atomic E-state index is 13.2. The molecule has 0 bridgehead atoms. The van der Waals surface area contributed by atoms with Gasteiger partial charge >= 0.3 is 5.97 Å². The molecule has 1 amide bonds. The molecule has 3 heterocycles. The van der Waals surface area contributed by atoms with Crippen LogP contribution in [0.3, 0.4) is 0 Å². The molecule has 0 radical (unpaired) electrons. The summed E-state index contributed by atoms with van der Waals surface area (Å²) in [5, 5.41) is 20.0. The van der Waals surface area contributed by atoms with Crippen LogP contribution in [0, 0.1) is 0 Å². The Labute approximate surface area is 195 Å². The Morgan fingerprint density at radius 3 is 2.06 bits per heavy atom. The first-order valence-corrected chi connectivity index (χ1v) is 10.7.